The summed E-state index contributed by atoms with van der Waals surface area (Å²) in [7, 11) is 0. The van der Waals surface area contributed by atoms with E-state index in [0.29, 0.717) is 15.7 Å². The Labute approximate surface area is 149 Å². The van der Waals surface area contributed by atoms with Gasteiger partial charge in [-0.25, -0.2) is 4.98 Å². The number of anilines is 1. The lowest BCUT2D eigenvalue weighted by Gasteiger charge is -2.01. The van der Waals surface area contributed by atoms with E-state index in [2.05, 4.69) is 15.5 Å². The summed E-state index contributed by atoms with van der Waals surface area (Å²) in [6, 6.07) is 7.86. The molecule has 0 spiro atoms. The molecule has 0 saturated carbocycles. The van der Waals surface area contributed by atoms with Crippen LogP contribution in [0.15, 0.2) is 35.4 Å². The van der Waals surface area contributed by atoms with Crippen LogP contribution in [0.25, 0.3) is 10.2 Å². The lowest BCUT2D eigenvalue weighted by molar-refractivity contribution is -0.385. The maximum atomic E-state index is 10.9. The number of benzene rings is 2. The van der Waals surface area contributed by atoms with Crippen molar-refractivity contribution in [1.29, 1.82) is 0 Å². The summed E-state index contributed by atoms with van der Waals surface area (Å²) in [6.45, 7) is 0. The van der Waals surface area contributed by atoms with Gasteiger partial charge in [0.05, 0.1) is 20.9 Å². The molecule has 1 aromatic heterocycles. The van der Waals surface area contributed by atoms with E-state index in [0.717, 1.165) is 10.8 Å². The van der Waals surface area contributed by atoms with Crippen molar-refractivity contribution in [2.45, 2.75) is 0 Å². The van der Waals surface area contributed by atoms with Gasteiger partial charge in [0.2, 0.25) is 10.9 Å². The quantitative estimate of drug-likeness (QED) is 0.388. The molecule has 10 heteroatoms. The first kappa shape index (κ1) is 16.4. The van der Waals surface area contributed by atoms with Crippen molar-refractivity contribution in [2.24, 2.45) is 5.10 Å². The molecule has 1 heterocycles. The number of phenols is 1. The minimum atomic E-state index is -0.721. The number of thiazole rings is 1. The van der Waals surface area contributed by atoms with Gasteiger partial charge in [-0.15, -0.1) is 0 Å². The summed E-state index contributed by atoms with van der Waals surface area (Å²) in [6.07, 6.45) is 1.22. The lowest BCUT2D eigenvalue weighted by Crippen LogP contribution is -1.94. The standard InChI is InChI=1S/C14H8Cl2N4O3S/c15-8-4-7(13(21)10(5-8)20(22)23)6-17-19-14-18-12-9(16)2-1-3-11(12)24-14/h1-6,21H,(H,18,19). The predicted molar refractivity (Wildman–Crippen MR) is 95.6 cm³/mol. The van der Waals surface area contributed by atoms with Crippen LogP contribution in [0.3, 0.4) is 0 Å². The predicted octanol–water partition coefficient (Wildman–Crippen LogP) is 4.66. The number of phenolic OH excluding ortho intramolecular Hbond substituents is 1. The van der Waals surface area contributed by atoms with Crippen LogP contribution < -0.4 is 5.43 Å². The van der Waals surface area contributed by atoms with Crippen molar-refractivity contribution in [1.82, 2.24) is 4.98 Å². The van der Waals surface area contributed by atoms with Crippen molar-refractivity contribution < 1.29 is 10.0 Å². The summed E-state index contributed by atoms with van der Waals surface area (Å²) in [5.41, 5.74) is 2.98. The second-order valence-electron chi connectivity index (χ2n) is 4.60. The van der Waals surface area contributed by atoms with Gasteiger partial charge in [-0.2, -0.15) is 5.10 Å². The summed E-state index contributed by atoms with van der Waals surface area (Å²) in [5.74, 6) is -0.512. The van der Waals surface area contributed by atoms with Crippen LogP contribution in [0.5, 0.6) is 5.75 Å². The molecule has 2 N–H and O–H groups in total. The van der Waals surface area contributed by atoms with Crippen molar-refractivity contribution in [2.75, 3.05) is 5.43 Å². The summed E-state index contributed by atoms with van der Waals surface area (Å²) in [4.78, 5) is 14.4. The number of aromatic nitrogens is 1. The Morgan fingerprint density at radius 1 is 1.38 bits per heavy atom. The number of rotatable bonds is 4. The number of fused-ring (bicyclic) bond motifs is 1. The number of hydrogen-bond donors (Lipinski definition) is 2. The summed E-state index contributed by atoms with van der Waals surface area (Å²) >= 11 is 13.2. The molecule has 7 nitrogen and oxygen atoms in total. The van der Waals surface area contributed by atoms with Gasteiger partial charge >= 0.3 is 5.69 Å². The van der Waals surface area contributed by atoms with E-state index in [1.54, 1.807) is 6.07 Å². The molecule has 3 aromatic rings. The molecular weight excluding hydrogens is 375 g/mol. The van der Waals surface area contributed by atoms with E-state index in [4.69, 9.17) is 23.2 Å². The molecule has 3 rings (SSSR count). The van der Waals surface area contributed by atoms with E-state index in [1.807, 2.05) is 12.1 Å². The number of hydrazone groups is 1. The number of para-hydroxylation sites is 1. The van der Waals surface area contributed by atoms with Crippen LogP contribution in [0.4, 0.5) is 10.8 Å². The fraction of sp³-hybridized carbons (Fsp3) is 0. The minimum absolute atomic E-state index is 0.112. The van der Waals surface area contributed by atoms with Crippen molar-refractivity contribution in [3.8, 4) is 5.75 Å². The molecule has 0 unspecified atom stereocenters. The SMILES string of the molecule is O=[N+]([O-])c1cc(Cl)cc(C=NNc2nc3c(Cl)cccc3s2)c1O. The zero-order valence-corrected chi connectivity index (χ0v) is 14.1. The Morgan fingerprint density at radius 3 is 2.88 bits per heavy atom. The van der Waals surface area contributed by atoms with Gasteiger partial charge < -0.3 is 5.11 Å². The van der Waals surface area contributed by atoms with Crippen LogP contribution in [0.2, 0.25) is 10.0 Å². The molecule has 122 valence electrons. The van der Waals surface area contributed by atoms with Crippen LogP contribution in [-0.2, 0) is 0 Å². The average molecular weight is 383 g/mol. The summed E-state index contributed by atoms with van der Waals surface area (Å²) in [5, 5.41) is 25.8. The average Bonchev–Trinajstić information content (AvgIpc) is 2.94. The van der Waals surface area contributed by atoms with E-state index in [9.17, 15) is 15.2 Å². The molecule has 0 aliphatic carbocycles. The molecule has 24 heavy (non-hydrogen) atoms. The van der Waals surface area contributed by atoms with Gasteiger partial charge in [-0.3, -0.25) is 15.5 Å². The second-order valence-corrected chi connectivity index (χ2v) is 6.47. The molecule has 0 fully saturated rings. The van der Waals surface area contributed by atoms with Gasteiger partial charge in [-0.05, 0) is 18.2 Å². The third-order valence-electron chi connectivity index (χ3n) is 3.01. The van der Waals surface area contributed by atoms with Gasteiger partial charge in [0.15, 0.2) is 0 Å². The molecule has 0 amide bonds. The van der Waals surface area contributed by atoms with Crippen LogP contribution >= 0.6 is 34.5 Å². The molecule has 0 aliphatic rings. The topological polar surface area (TPSA) is 101 Å². The smallest absolute Gasteiger partial charge is 0.312 e. The molecule has 0 aliphatic heterocycles. The Hall–Kier alpha value is -2.42. The second kappa shape index (κ2) is 6.60. The number of nitro groups is 1. The minimum Gasteiger partial charge on any atom is -0.502 e. The third kappa shape index (κ3) is 3.25. The highest BCUT2D eigenvalue weighted by Crippen LogP contribution is 2.33. The first-order valence-corrected chi connectivity index (χ1v) is 8.04. The first-order chi connectivity index (χ1) is 11.5. The molecule has 0 radical (unpaired) electrons. The first-order valence-electron chi connectivity index (χ1n) is 6.46. The Bertz CT molecular complexity index is 974. The van der Waals surface area contributed by atoms with Gasteiger partial charge in [0.25, 0.3) is 0 Å². The van der Waals surface area contributed by atoms with Crippen LogP contribution in [0.1, 0.15) is 5.56 Å². The van der Waals surface area contributed by atoms with Crippen LogP contribution in [0, 0.1) is 10.1 Å². The van der Waals surface area contributed by atoms with Crippen molar-refractivity contribution in [3.63, 3.8) is 0 Å². The van der Waals surface area contributed by atoms with Crippen molar-refractivity contribution >= 4 is 61.8 Å². The molecule has 0 saturated heterocycles. The number of halogens is 2. The third-order valence-corrected chi connectivity index (χ3v) is 4.46. The Morgan fingerprint density at radius 2 is 2.17 bits per heavy atom. The number of aromatic hydroxyl groups is 1. The highest BCUT2D eigenvalue weighted by atomic mass is 35.5. The largest absolute Gasteiger partial charge is 0.502 e. The molecular formula is C14H8Cl2N4O3S. The van der Waals surface area contributed by atoms with E-state index in [1.165, 1.54) is 23.6 Å². The highest BCUT2D eigenvalue weighted by molar-refractivity contribution is 7.22. The monoisotopic (exact) mass is 382 g/mol. The number of nitrogens with one attached hydrogen (secondary N) is 1. The number of nitrogens with zero attached hydrogens (tertiary/aromatic N) is 3. The lowest BCUT2D eigenvalue weighted by atomic mass is 10.2. The van der Waals surface area contributed by atoms with E-state index >= 15 is 0 Å². The van der Waals surface area contributed by atoms with Gasteiger partial charge in [0.1, 0.15) is 5.52 Å². The summed E-state index contributed by atoms with van der Waals surface area (Å²) < 4.78 is 0.890. The van der Waals surface area contributed by atoms with Crippen LogP contribution in [-0.4, -0.2) is 21.2 Å². The molecule has 0 atom stereocenters. The van der Waals surface area contributed by atoms with Gasteiger partial charge in [-0.1, -0.05) is 40.6 Å². The number of nitro benzene ring substituents is 1. The maximum Gasteiger partial charge on any atom is 0.312 e. The zero-order valence-electron chi connectivity index (χ0n) is 11.7. The zero-order chi connectivity index (χ0) is 17.3. The number of hydrogen-bond acceptors (Lipinski definition) is 7. The van der Waals surface area contributed by atoms with Gasteiger partial charge in [0, 0.05) is 16.7 Å². The molecule has 2 aromatic carbocycles. The van der Waals surface area contributed by atoms with E-state index < -0.39 is 16.4 Å². The fourth-order valence-electron chi connectivity index (χ4n) is 1.96. The maximum absolute atomic E-state index is 10.9. The molecule has 0 bridgehead atoms. The Balaban J connectivity index is 1.86. The Kier molecular flexibility index (Phi) is 4.52. The van der Waals surface area contributed by atoms with Crippen molar-refractivity contribution in [3.05, 3.63) is 56.1 Å². The fourth-order valence-corrected chi connectivity index (χ4v) is 3.30. The van der Waals surface area contributed by atoms with E-state index in [-0.39, 0.29) is 10.6 Å². The normalized spacial score (nSPS) is 11.2. The highest BCUT2D eigenvalue weighted by Gasteiger charge is 2.17.